The van der Waals surface area contributed by atoms with Gasteiger partial charge < -0.3 is 22.1 Å². The summed E-state index contributed by atoms with van der Waals surface area (Å²) in [5.41, 5.74) is 4.33. The Kier molecular flexibility index (Phi) is 4.12. The van der Waals surface area contributed by atoms with Crippen molar-refractivity contribution in [2.24, 2.45) is 0 Å². The van der Waals surface area contributed by atoms with Gasteiger partial charge in [-0.25, -0.2) is 4.98 Å². The molecule has 92 valence electrons. The molecule has 2 aromatic rings. The number of hydrogen-bond donors (Lipinski definition) is 1. The van der Waals surface area contributed by atoms with E-state index in [4.69, 9.17) is 5.11 Å². The minimum absolute atomic E-state index is 0. The van der Waals surface area contributed by atoms with E-state index in [9.17, 15) is 4.79 Å². The second-order valence-corrected chi connectivity index (χ2v) is 4.01. The lowest BCUT2D eigenvalue weighted by molar-refractivity contribution is -0.137. The Morgan fingerprint density at radius 3 is 2.65 bits per heavy atom. The number of carbonyl (C=O) groups is 1. The number of aliphatic carboxylic acids is 1. The second-order valence-electron chi connectivity index (χ2n) is 4.01. The van der Waals surface area contributed by atoms with Crippen LogP contribution in [0.5, 0.6) is 0 Å². The van der Waals surface area contributed by atoms with Crippen molar-refractivity contribution in [1.29, 1.82) is 0 Å². The first kappa shape index (κ1) is 13.5. The molecule has 0 aliphatic rings. The molecule has 0 radical (unpaired) electrons. The predicted octanol–water partition coefficient (Wildman–Crippen LogP) is -0.868. The summed E-state index contributed by atoms with van der Waals surface area (Å²) >= 11 is 0. The number of imidazole rings is 1. The van der Waals surface area contributed by atoms with Crippen molar-refractivity contribution >= 4 is 17.0 Å². The van der Waals surface area contributed by atoms with Crippen molar-refractivity contribution in [2.75, 3.05) is 0 Å². The first-order valence-corrected chi connectivity index (χ1v) is 5.22. The van der Waals surface area contributed by atoms with E-state index >= 15 is 0 Å². The zero-order valence-corrected chi connectivity index (χ0v) is 10.5. The molecule has 17 heavy (non-hydrogen) atoms. The normalized spacial score (nSPS) is 10.2. The number of rotatable bonds is 3. The van der Waals surface area contributed by atoms with Gasteiger partial charge in [0.25, 0.3) is 0 Å². The van der Waals surface area contributed by atoms with E-state index in [0.29, 0.717) is 6.54 Å². The fourth-order valence-corrected chi connectivity index (χ4v) is 1.71. The molecule has 2 rings (SSSR count). The van der Waals surface area contributed by atoms with Crippen LogP contribution < -0.4 is 12.4 Å². The zero-order valence-electron chi connectivity index (χ0n) is 9.77. The van der Waals surface area contributed by atoms with Crippen molar-refractivity contribution in [3.63, 3.8) is 0 Å². The van der Waals surface area contributed by atoms with Gasteiger partial charge in [0, 0.05) is 6.54 Å². The molecule has 0 fully saturated rings. The van der Waals surface area contributed by atoms with Crippen LogP contribution >= 0.6 is 0 Å². The Morgan fingerprint density at radius 2 is 2.00 bits per heavy atom. The highest BCUT2D eigenvalue weighted by Gasteiger charge is 2.06. The van der Waals surface area contributed by atoms with Crippen molar-refractivity contribution < 1.29 is 22.3 Å². The number of carboxylic acids is 1. The molecule has 0 unspecified atom stereocenters. The standard InChI is InChI=1S/C12H14N2O2.ClH/c1-8-5-10-11(6-9(8)2)14(7-13-10)4-3-12(15)16;/h5-7H,3-4H2,1-2H3,(H,15,16);1H/p-1. The van der Waals surface area contributed by atoms with Crippen LogP contribution in [0.1, 0.15) is 17.5 Å². The Balaban J connectivity index is 0.00000144. The molecule has 4 nitrogen and oxygen atoms in total. The van der Waals surface area contributed by atoms with E-state index in [1.807, 2.05) is 24.5 Å². The number of fused-ring (bicyclic) bond motifs is 1. The lowest BCUT2D eigenvalue weighted by Gasteiger charge is -2.04. The molecule has 0 spiro atoms. The molecular formula is C12H14ClN2O2-. The highest BCUT2D eigenvalue weighted by molar-refractivity contribution is 5.77. The van der Waals surface area contributed by atoms with Crippen LogP contribution in [0.3, 0.4) is 0 Å². The second kappa shape index (κ2) is 5.19. The molecule has 1 heterocycles. The van der Waals surface area contributed by atoms with Gasteiger partial charge in [-0.15, -0.1) is 0 Å². The molecule has 0 saturated carbocycles. The smallest absolute Gasteiger partial charge is 0.305 e. The molecule has 0 saturated heterocycles. The summed E-state index contributed by atoms with van der Waals surface area (Å²) in [5.74, 6) is -0.786. The van der Waals surface area contributed by atoms with Gasteiger partial charge in [-0.3, -0.25) is 4.79 Å². The fraction of sp³-hybridized carbons (Fsp3) is 0.333. The number of halogens is 1. The third-order valence-corrected chi connectivity index (χ3v) is 2.80. The Morgan fingerprint density at radius 1 is 1.35 bits per heavy atom. The summed E-state index contributed by atoms with van der Waals surface area (Å²) < 4.78 is 1.88. The molecule has 1 aromatic heterocycles. The largest absolute Gasteiger partial charge is 1.00 e. The van der Waals surface area contributed by atoms with Crippen LogP contribution in [0.15, 0.2) is 18.5 Å². The van der Waals surface area contributed by atoms with E-state index in [1.165, 1.54) is 11.1 Å². The van der Waals surface area contributed by atoms with Gasteiger partial charge in [-0.2, -0.15) is 0 Å². The molecular weight excluding hydrogens is 240 g/mol. The molecule has 5 heteroatoms. The third kappa shape index (κ3) is 2.77. The van der Waals surface area contributed by atoms with Crippen molar-refractivity contribution in [3.8, 4) is 0 Å². The van der Waals surface area contributed by atoms with Crippen LogP contribution in [0, 0.1) is 13.8 Å². The third-order valence-electron chi connectivity index (χ3n) is 2.80. The van der Waals surface area contributed by atoms with Gasteiger partial charge in [0.1, 0.15) is 0 Å². The summed E-state index contributed by atoms with van der Waals surface area (Å²) in [6.45, 7) is 4.56. The maximum absolute atomic E-state index is 10.5. The zero-order chi connectivity index (χ0) is 11.7. The highest BCUT2D eigenvalue weighted by Crippen LogP contribution is 2.18. The minimum Gasteiger partial charge on any atom is -1.00 e. The number of hydrogen-bond acceptors (Lipinski definition) is 2. The van der Waals surface area contributed by atoms with Gasteiger partial charge in [-0.1, -0.05) is 0 Å². The highest BCUT2D eigenvalue weighted by atomic mass is 35.5. The van der Waals surface area contributed by atoms with Crippen LogP contribution in [0.4, 0.5) is 0 Å². The number of nitrogens with zero attached hydrogens (tertiary/aromatic N) is 2. The summed E-state index contributed by atoms with van der Waals surface area (Å²) in [6.07, 6.45) is 1.82. The summed E-state index contributed by atoms with van der Waals surface area (Å²) in [4.78, 5) is 14.8. The summed E-state index contributed by atoms with van der Waals surface area (Å²) in [7, 11) is 0. The van der Waals surface area contributed by atoms with Gasteiger partial charge in [0.2, 0.25) is 0 Å². The van der Waals surface area contributed by atoms with Crippen LogP contribution in [0.2, 0.25) is 0 Å². The molecule has 0 bridgehead atoms. The first-order chi connectivity index (χ1) is 7.58. The van der Waals surface area contributed by atoms with E-state index < -0.39 is 5.97 Å². The van der Waals surface area contributed by atoms with Crippen molar-refractivity contribution in [1.82, 2.24) is 9.55 Å². The lowest BCUT2D eigenvalue weighted by Crippen LogP contribution is -3.00. The number of aromatic nitrogens is 2. The van der Waals surface area contributed by atoms with Gasteiger partial charge in [-0.05, 0) is 37.1 Å². The number of benzene rings is 1. The fourth-order valence-electron chi connectivity index (χ4n) is 1.71. The van der Waals surface area contributed by atoms with Gasteiger partial charge in [0.05, 0.1) is 23.8 Å². The van der Waals surface area contributed by atoms with Gasteiger partial charge >= 0.3 is 5.97 Å². The molecule has 1 N–H and O–H groups in total. The van der Waals surface area contributed by atoms with Gasteiger partial charge in [0.15, 0.2) is 0 Å². The Hall–Kier alpha value is -1.55. The van der Waals surface area contributed by atoms with Crippen LogP contribution in [-0.2, 0) is 11.3 Å². The van der Waals surface area contributed by atoms with Crippen LogP contribution in [-0.4, -0.2) is 20.6 Å². The molecule has 0 aliphatic carbocycles. The Labute approximate surface area is 106 Å². The maximum atomic E-state index is 10.5. The Bertz CT molecular complexity index is 549. The van der Waals surface area contributed by atoms with E-state index in [1.54, 1.807) is 6.33 Å². The SMILES string of the molecule is Cc1cc2ncn(CCC(=O)O)c2cc1C.[Cl-]. The summed E-state index contributed by atoms with van der Waals surface area (Å²) in [6, 6.07) is 4.08. The van der Waals surface area contributed by atoms with Crippen LogP contribution in [0.25, 0.3) is 11.0 Å². The maximum Gasteiger partial charge on any atom is 0.305 e. The minimum atomic E-state index is -0.786. The predicted molar refractivity (Wildman–Crippen MR) is 61.5 cm³/mol. The quantitative estimate of drug-likeness (QED) is 0.774. The summed E-state index contributed by atoms with van der Waals surface area (Å²) in [5, 5.41) is 8.65. The first-order valence-electron chi connectivity index (χ1n) is 5.22. The molecule has 0 amide bonds. The topological polar surface area (TPSA) is 55.1 Å². The van der Waals surface area contributed by atoms with E-state index in [0.717, 1.165) is 11.0 Å². The molecule has 0 atom stereocenters. The lowest BCUT2D eigenvalue weighted by atomic mass is 10.1. The molecule has 0 aliphatic heterocycles. The monoisotopic (exact) mass is 253 g/mol. The molecule has 1 aromatic carbocycles. The average Bonchev–Trinajstić information content (AvgIpc) is 2.58. The number of aryl methyl sites for hydroxylation is 3. The van der Waals surface area contributed by atoms with Crippen molar-refractivity contribution in [3.05, 3.63) is 29.6 Å². The van der Waals surface area contributed by atoms with E-state index in [-0.39, 0.29) is 18.8 Å². The number of carboxylic acid groups (broad SMARTS) is 1. The van der Waals surface area contributed by atoms with E-state index in [2.05, 4.69) is 11.1 Å². The average molecular weight is 254 g/mol. The van der Waals surface area contributed by atoms with Crippen molar-refractivity contribution in [2.45, 2.75) is 26.8 Å².